The van der Waals surface area contributed by atoms with Crippen LogP contribution in [0.2, 0.25) is 0 Å². The van der Waals surface area contributed by atoms with Gasteiger partial charge in [-0.3, -0.25) is 0 Å². The quantitative estimate of drug-likeness (QED) is 0.0774. The molecule has 222 valence electrons. The molecule has 6 heteroatoms. The topological polar surface area (TPSA) is 46.2 Å². The van der Waals surface area contributed by atoms with Crippen molar-refractivity contribution in [2.75, 3.05) is 13.2 Å². The average Bonchev–Trinajstić information content (AvgIpc) is 3.02. The van der Waals surface area contributed by atoms with Gasteiger partial charge in [-0.05, 0) is 23.1 Å². The van der Waals surface area contributed by atoms with E-state index in [1.54, 1.807) is 0 Å². The van der Waals surface area contributed by atoms with E-state index in [1.807, 2.05) is 54.6 Å². The van der Waals surface area contributed by atoms with Crippen LogP contribution in [0.3, 0.4) is 0 Å². The Kier molecular flexibility index (Phi) is 14.6. The molecular formula is C35H45IO5. The molecule has 1 aliphatic rings. The molecule has 1 fully saturated rings. The fourth-order valence-electron chi connectivity index (χ4n) is 5.01. The summed E-state index contributed by atoms with van der Waals surface area (Å²) in [6.07, 6.45) is 6.06. The van der Waals surface area contributed by atoms with E-state index in [4.69, 9.17) is 23.7 Å². The fourth-order valence-corrected chi connectivity index (χ4v) is 6.00. The number of ether oxygens (including phenoxy) is 5. The Bertz CT molecular complexity index is 1070. The van der Waals surface area contributed by atoms with E-state index in [-0.39, 0.29) is 22.2 Å². The Morgan fingerprint density at radius 2 is 1.12 bits per heavy atom. The molecule has 0 saturated carbocycles. The summed E-state index contributed by atoms with van der Waals surface area (Å²) in [5, 5.41) is 0. The minimum Gasteiger partial charge on any atom is -0.374 e. The van der Waals surface area contributed by atoms with Crippen LogP contribution in [0.15, 0.2) is 91.0 Å². The zero-order valence-corrected chi connectivity index (χ0v) is 26.4. The van der Waals surface area contributed by atoms with E-state index < -0.39 is 6.29 Å². The normalized spacial score (nSPS) is 22.5. The molecule has 4 rings (SSSR count). The molecule has 1 saturated heterocycles. The molecule has 5 atom stereocenters. The highest BCUT2D eigenvalue weighted by Gasteiger charge is 2.47. The Morgan fingerprint density at radius 3 is 1.71 bits per heavy atom. The average molecular weight is 673 g/mol. The highest BCUT2D eigenvalue weighted by Crippen LogP contribution is 2.33. The number of hydrogen-bond donors (Lipinski definition) is 0. The molecule has 3 aromatic rings. The second-order valence-corrected chi connectivity index (χ2v) is 12.1. The van der Waals surface area contributed by atoms with Gasteiger partial charge in [0.1, 0.15) is 18.3 Å². The van der Waals surface area contributed by atoms with Gasteiger partial charge < -0.3 is 23.7 Å². The van der Waals surface area contributed by atoms with Crippen LogP contribution in [0.25, 0.3) is 0 Å². The van der Waals surface area contributed by atoms with Crippen molar-refractivity contribution in [1.29, 1.82) is 0 Å². The lowest BCUT2D eigenvalue weighted by Crippen LogP contribution is -2.59. The van der Waals surface area contributed by atoms with Crippen molar-refractivity contribution in [2.45, 2.75) is 93.8 Å². The van der Waals surface area contributed by atoms with E-state index >= 15 is 0 Å². The molecule has 0 spiro atoms. The number of unbranched alkanes of at least 4 members (excludes halogenated alkanes) is 5. The first-order valence-corrected chi connectivity index (χ1v) is 16.3. The molecule has 3 aromatic carbocycles. The number of alkyl halides is 1. The first-order valence-electron chi connectivity index (χ1n) is 15.1. The molecule has 0 N–H and O–H groups in total. The molecule has 1 aliphatic heterocycles. The zero-order valence-electron chi connectivity index (χ0n) is 24.2. The molecule has 41 heavy (non-hydrogen) atoms. The van der Waals surface area contributed by atoms with Crippen molar-refractivity contribution < 1.29 is 23.7 Å². The maximum absolute atomic E-state index is 6.63. The number of halogens is 1. The second kappa shape index (κ2) is 18.7. The highest BCUT2D eigenvalue weighted by atomic mass is 127. The predicted octanol–water partition coefficient (Wildman–Crippen LogP) is 8.28. The van der Waals surface area contributed by atoms with Crippen molar-refractivity contribution in [3.8, 4) is 0 Å². The summed E-state index contributed by atoms with van der Waals surface area (Å²) in [6.45, 7) is 4.80. The molecule has 5 nitrogen and oxygen atoms in total. The van der Waals surface area contributed by atoms with Crippen LogP contribution in [0, 0.1) is 0 Å². The number of benzene rings is 3. The van der Waals surface area contributed by atoms with Crippen LogP contribution in [-0.4, -0.2) is 41.7 Å². The monoisotopic (exact) mass is 672 g/mol. The summed E-state index contributed by atoms with van der Waals surface area (Å²) in [5.74, 6) is 0. The Labute approximate surface area is 260 Å². The molecule has 0 radical (unpaired) electrons. The van der Waals surface area contributed by atoms with Gasteiger partial charge in [0.15, 0.2) is 6.29 Å². The highest BCUT2D eigenvalue weighted by molar-refractivity contribution is 14.1. The molecule has 0 amide bonds. The third-order valence-electron chi connectivity index (χ3n) is 7.32. The Balaban J connectivity index is 1.45. The summed E-state index contributed by atoms with van der Waals surface area (Å²) in [7, 11) is 0. The van der Waals surface area contributed by atoms with Gasteiger partial charge in [0.25, 0.3) is 0 Å². The van der Waals surface area contributed by atoms with Gasteiger partial charge in [0, 0.05) is 6.61 Å². The molecule has 1 heterocycles. The SMILES string of the molecule is CCCCCCCCO[C@@H]1O[C@H](COCc2ccccc2)[C@@H](OCc2ccccc2)[C@H](OCc2ccccc2)[C@H]1I. The van der Waals surface area contributed by atoms with E-state index in [2.05, 4.69) is 65.9 Å². The lowest BCUT2D eigenvalue weighted by atomic mass is 10.0. The van der Waals surface area contributed by atoms with E-state index in [0.717, 1.165) is 23.1 Å². The van der Waals surface area contributed by atoms with E-state index in [1.165, 1.54) is 32.1 Å². The molecule has 0 aromatic heterocycles. The van der Waals surface area contributed by atoms with Crippen molar-refractivity contribution in [3.05, 3.63) is 108 Å². The predicted molar refractivity (Wildman–Crippen MR) is 172 cm³/mol. The Morgan fingerprint density at radius 1 is 0.610 bits per heavy atom. The maximum atomic E-state index is 6.63. The number of hydrogen-bond acceptors (Lipinski definition) is 5. The smallest absolute Gasteiger partial charge is 0.172 e. The van der Waals surface area contributed by atoms with Crippen molar-refractivity contribution in [3.63, 3.8) is 0 Å². The van der Waals surface area contributed by atoms with Crippen molar-refractivity contribution in [1.82, 2.24) is 0 Å². The first-order chi connectivity index (χ1) is 20.2. The van der Waals surface area contributed by atoms with Crippen LogP contribution in [-0.2, 0) is 43.5 Å². The van der Waals surface area contributed by atoms with Crippen LogP contribution in [0.5, 0.6) is 0 Å². The molecule has 0 aliphatic carbocycles. The van der Waals surface area contributed by atoms with Gasteiger partial charge in [0.2, 0.25) is 0 Å². The third-order valence-corrected chi connectivity index (χ3v) is 8.61. The van der Waals surface area contributed by atoms with Crippen molar-refractivity contribution >= 4 is 22.6 Å². The van der Waals surface area contributed by atoms with Crippen LogP contribution in [0.4, 0.5) is 0 Å². The van der Waals surface area contributed by atoms with Gasteiger partial charge in [0.05, 0.1) is 30.4 Å². The summed E-state index contributed by atoms with van der Waals surface area (Å²) < 4.78 is 32.4. The standard InChI is InChI=1S/C35H45IO5/c1-2-3-4-5-6-16-23-38-35-32(36)34(40-26-30-21-14-9-15-22-30)33(39-25-29-19-12-8-13-20-29)31(41-35)27-37-24-28-17-10-7-11-18-28/h7-15,17-22,31-35H,2-6,16,23-27H2,1H3/t31-,32-,33-,34-,35-/m1/s1. The molecular weight excluding hydrogens is 627 g/mol. The van der Waals surface area contributed by atoms with Crippen molar-refractivity contribution in [2.24, 2.45) is 0 Å². The maximum Gasteiger partial charge on any atom is 0.172 e. The minimum atomic E-state index is -0.395. The largest absolute Gasteiger partial charge is 0.374 e. The minimum absolute atomic E-state index is 0.0393. The van der Waals surface area contributed by atoms with Gasteiger partial charge >= 0.3 is 0 Å². The summed E-state index contributed by atoms with van der Waals surface area (Å²) in [4.78, 5) is 0. The molecule has 0 unspecified atom stereocenters. The first kappa shape index (κ1) is 32.1. The zero-order chi connectivity index (χ0) is 28.5. The fraction of sp³-hybridized carbons (Fsp3) is 0.486. The third kappa shape index (κ3) is 11.1. The summed E-state index contributed by atoms with van der Waals surface area (Å²) in [6, 6.07) is 30.8. The van der Waals surface area contributed by atoms with Crippen LogP contribution < -0.4 is 0 Å². The van der Waals surface area contributed by atoms with Gasteiger partial charge in [-0.15, -0.1) is 0 Å². The summed E-state index contributed by atoms with van der Waals surface area (Å²) in [5.41, 5.74) is 3.38. The molecule has 0 bridgehead atoms. The summed E-state index contributed by atoms with van der Waals surface area (Å²) >= 11 is 2.43. The Hall–Kier alpha value is -1.81. The lowest BCUT2D eigenvalue weighted by Gasteiger charge is -2.44. The van der Waals surface area contributed by atoms with Crippen LogP contribution >= 0.6 is 22.6 Å². The van der Waals surface area contributed by atoms with Gasteiger partial charge in [-0.25, -0.2) is 0 Å². The van der Waals surface area contributed by atoms with E-state index in [0.29, 0.717) is 33.0 Å². The lowest BCUT2D eigenvalue weighted by molar-refractivity contribution is -0.271. The van der Waals surface area contributed by atoms with Gasteiger partial charge in [-0.2, -0.15) is 0 Å². The second-order valence-electron chi connectivity index (χ2n) is 10.6. The number of rotatable bonds is 18. The van der Waals surface area contributed by atoms with E-state index in [9.17, 15) is 0 Å². The van der Waals surface area contributed by atoms with Gasteiger partial charge in [-0.1, -0.05) is 153 Å². The van der Waals surface area contributed by atoms with Crippen LogP contribution in [0.1, 0.15) is 62.1 Å².